The lowest BCUT2D eigenvalue weighted by molar-refractivity contribution is -0.138. The van der Waals surface area contributed by atoms with Crippen LogP contribution in [-0.2, 0) is 6.18 Å². The van der Waals surface area contributed by atoms with Gasteiger partial charge in [-0.2, -0.15) is 13.2 Å². The number of hydrogen-bond acceptors (Lipinski definition) is 3. The molecule has 0 aliphatic carbocycles. The summed E-state index contributed by atoms with van der Waals surface area (Å²) in [6.45, 7) is -0.0317. The van der Waals surface area contributed by atoms with Crippen LogP contribution in [0.3, 0.4) is 0 Å². The fraction of sp³-hybridized carbons (Fsp3) is 0.364. The first-order valence-corrected chi connectivity index (χ1v) is 5.73. The van der Waals surface area contributed by atoms with Crippen molar-refractivity contribution in [3.8, 4) is 5.75 Å². The van der Waals surface area contributed by atoms with Crippen molar-refractivity contribution >= 4 is 21.7 Å². The average molecular weight is 326 g/mol. The number of methoxy groups -OCH3 is 1. The molecule has 0 spiro atoms. The Labute approximate surface area is 110 Å². The lowest BCUT2D eigenvalue weighted by Gasteiger charge is -2.15. The Morgan fingerprint density at radius 1 is 1.44 bits per heavy atom. The molecule has 0 fully saturated rings. The largest absolute Gasteiger partial charge is 0.495 e. The number of halogens is 4. The number of carbonyl (C=O) groups excluding carboxylic acids is 1. The van der Waals surface area contributed by atoms with Gasteiger partial charge in [-0.05, 0) is 35.1 Å². The van der Waals surface area contributed by atoms with Crippen LogP contribution in [0.5, 0.6) is 5.75 Å². The average Bonchev–Trinajstić information content (AvgIpc) is 2.27. The number of rotatable bonds is 4. The molecule has 0 aliphatic rings. The van der Waals surface area contributed by atoms with E-state index in [1.54, 1.807) is 7.05 Å². The van der Waals surface area contributed by atoms with E-state index < -0.39 is 17.5 Å². The van der Waals surface area contributed by atoms with Crippen molar-refractivity contribution in [1.82, 2.24) is 5.32 Å². The van der Waals surface area contributed by atoms with Crippen LogP contribution in [0.4, 0.5) is 13.2 Å². The Hall–Kier alpha value is -1.08. The molecule has 1 aromatic carbocycles. The molecule has 0 bridgehead atoms. The van der Waals surface area contributed by atoms with E-state index in [0.29, 0.717) is 0 Å². The third-order valence-corrected chi connectivity index (χ3v) is 2.80. The molecule has 0 aliphatic heterocycles. The zero-order chi connectivity index (χ0) is 13.9. The van der Waals surface area contributed by atoms with Crippen molar-refractivity contribution in [2.24, 2.45) is 0 Å². The minimum Gasteiger partial charge on any atom is -0.495 e. The summed E-state index contributed by atoms with van der Waals surface area (Å²) >= 11 is 2.97. The van der Waals surface area contributed by atoms with Gasteiger partial charge in [0.25, 0.3) is 0 Å². The van der Waals surface area contributed by atoms with Crippen LogP contribution in [0.1, 0.15) is 15.9 Å². The van der Waals surface area contributed by atoms with Crippen LogP contribution in [0.15, 0.2) is 16.6 Å². The van der Waals surface area contributed by atoms with E-state index in [0.717, 1.165) is 13.2 Å². The predicted octanol–water partition coefficient (Wildman–Crippen LogP) is 2.88. The Balaban J connectivity index is 3.35. The van der Waals surface area contributed by atoms with Gasteiger partial charge in [0, 0.05) is 5.56 Å². The van der Waals surface area contributed by atoms with E-state index in [1.165, 1.54) is 6.07 Å². The molecular formula is C11H11BrF3NO2. The van der Waals surface area contributed by atoms with E-state index in [2.05, 4.69) is 21.2 Å². The second-order valence-electron chi connectivity index (χ2n) is 3.49. The molecule has 1 N–H and O–H groups in total. The quantitative estimate of drug-likeness (QED) is 0.865. The number of nitrogens with one attached hydrogen (secondary N) is 1. The van der Waals surface area contributed by atoms with Gasteiger partial charge in [-0.25, -0.2) is 0 Å². The summed E-state index contributed by atoms with van der Waals surface area (Å²) in [6.07, 6.45) is -4.58. The maximum absolute atomic E-state index is 12.8. The number of Topliss-reactive ketones (excluding diaryl/α,β-unsaturated/α-hetero) is 1. The highest BCUT2D eigenvalue weighted by Crippen LogP contribution is 2.41. The number of carbonyl (C=O) groups is 1. The highest BCUT2D eigenvalue weighted by molar-refractivity contribution is 9.10. The summed E-state index contributed by atoms with van der Waals surface area (Å²) in [7, 11) is 2.69. The summed E-state index contributed by atoms with van der Waals surface area (Å²) < 4.78 is 43.3. The molecule has 0 radical (unpaired) electrons. The summed E-state index contributed by atoms with van der Waals surface area (Å²) in [6, 6.07) is 2.11. The molecule has 1 rings (SSSR count). The molecule has 0 heterocycles. The third-order valence-electron chi connectivity index (χ3n) is 2.21. The highest BCUT2D eigenvalue weighted by Gasteiger charge is 2.36. The SMILES string of the molecule is CNCC(=O)c1cc(Br)c(OC)c(C(F)(F)F)c1. The second-order valence-corrected chi connectivity index (χ2v) is 4.34. The van der Waals surface area contributed by atoms with Crippen molar-refractivity contribution in [1.29, 1.82) is 0 Å². The zero-order valence-corrected chi connectivity index (χ0v) is 11.3. The minimum atomic E-state index is -4.58. The van der Waals surface area contributed by atoms with Gasteiger partial charge in [-0.1, -0.05) is 0 Å². The van der Waals surface area contributed by atoms with Crippen molar-refractivity contribution in [3.63, 3.8) is 0 Å². The zero-order valence-electron chi connectivity index (χ0n) is 9.69. The summed E-state index contributed by atoms with van der Waals surface area (Å²) in [5, 5.41) is 2.59. The molecule has 1 aromatic rings. The number of hydrogen-bond donors (Lipinski definition) is 1. The van der Waals surface area contributed by atoms with Gasteiger partial charge in [0.15, 0.2) is 5.78 Å². The summed E-state index contributed by atoms with van der Waals surface area (Å²) in [5.74, 6) is -0.755. The van der Waals surface area contributed by atoms with Crippen LogP contribution >= 0.6 is 15.9 Å². The number of ether oxygens (including phenoxy) is 1. The smallest absolute Gasteiger partial charge is 0.420 e. The molecule has 18 heavy (non-hydrogen) atoms. The topological polar surface area (TPSA) is 38.3 Å². The molecule has 0 amide bonds. The maximum Gasteiger partial charge on any atom is 0.420 e. The lowest BCUT2D eigenvalue weighted by Crippen LogP contribution is -2.19. The van der Waals surface area contributed by atoms with Gasteiger partial charge >= 0.3 is 6.18 Å². The van der Waals surface area contributed by atoms with E-state index in [9.17, 15) is 18.0 Å². The van der Waals surface area contributed by atoms with Gasteiger partial charge in [0.1, 0.15) is 5.75 Å². The number of benzene rings is 1. The number of ketones is 1. The van der Waals surface area contributed by atoms with E-state index >= 15 is 0 Å². The predicted molar refractivity (Wildman–Crippen MR) is 64.0 cm³/mol. The van der Waals surface area contributed by atoms with Crippen LogP contribution in [0, 0.1) is 0 Å². The Kier molecular flexibility index (Phi) is 4.75. The van der Waals surface area contributed by atoms with Crippen LogP contribution in [-0.4, -0.2) is 26.5 Å². The molecule has 3 nitrogen and oxygen atoms in total. The van der Waals surface area contributed by atoms with Gasteiger partial charge in [-0.3, -0.25) is 4.79 Å². The van der Waals surface area contributed by atoms with Gasteiger partial charge in [0.05, 0.1) is 23.7 Å². The third kappa shape index (κ3) is 3.23. The normalized spacial score (nSPS) is 11.4. The Morgan fingerprint density at radius 3 is 2.50 bits per heavy atom. The summed E-state index contributed by atoms with van der Waals surface area (Å²) in [4.78, 5) is 11.6. The molecule has 7 heteroatoms. The van der Waals surface area contributed by atoms with Crippen molar-refractivity contribution in [3.05, 3.63) is 27.7 Å². The first kappa shape index (κ1) is 15.0. The van der Waals surface area contributed by atoms with Crippen molar-refractivity contribution < 1.29 is 22.7 Å². The van der Waals surface area contributed by atoms with Gasteiger partial charge in [0.2, 0.25) is 0 Å². The molecule has 0 aromatic heterocycles. The Bertz CT molecular complexity index is 460. The first-order valence-electron chi connectivity index (χ1n) is 4.93. The number of likely N-dealkylation sites (N-methyl/N-ethyl adjacent to an activating group) is 1. The van der Waals surface area contributed by atoms with Crippen molar-refractivity contribution in [2.45, 2.75) is 6.18 Å². The van der Waals surface area contributed by atoms with Gasteiger partial charge < -0.3 is 10.1 Å². The van der Waals surface area contributed by atoms with E-state index in [4.69, 9.17) is 4.74 Å². The Morgan fingerprint density at radius 2 is 2.06 bits per heavy atom. The fourth-order valence-electron chi connectivity index (χ4n) is 1.44. The second kappa shape index (κ2) is 5.71. The molecule has 0 atom stereocenters. The molecule has 100 valence electrons. The number of alkyl halides is 3. The standard InChI is InChI=1S/C11H11BrF3NO2/c1-16-5-9(17)6-3-7(11(13,14)15)10(18-2)8(12)4-6/h3-4,16H,5H2,1-2H3. The monoisotopic (exact) mass is 325 g/mol. The highest BCUT2D eigenvalue weighted by atomic mass is 79.9. The van der Waals surface area contributed by atoms with Gasteiger partial charge in [-0.15, -0.1) is 0 Å². The van der Waals surface area contributed by atoms with Crippen LogP contribution < -0.4 is 10.1 Å². The van der Waals surface area contributed by atoms with E-state index in [1.807, 2.05) is 0 Å². The molecular weight excluding hydrogens is 315 g/mol. The van der Waals surface area contributed by atoms with Crippen LogP contribution in [0.2, 0.25) is 0 Å². The van der Waals surface area contributed by atoms with Crippen LogP contribution in [0.25, 0.3) is 0 Å². The van der Waals surface area contributed by atoms with Crippen molar-refractivity contribution in [2.75, 3.05) is 20.7 Å². The minimum absolute atomic E-state index is 0.0237. The fourth-order valence-corrected chi connectivity index (χ4v) is 2.06. The molecule has 0 unspecified atom stereocenters. The molecule has 0 saturated carbocycles. The first-order chi connectivity index (χ1) is 8.31. The summed E-state index contributed by atoms with van der Waals surface area (Å²) in [5.41, 5.74) is -0.997. The maximum atomic E-state index is 12.8. The molecule has 0 saturated heterocycles. The lowest BCUT2D eigenvalue weighted by atomic mass is 10.1. The van der Waals surface area contributed by atoms with E-state index in [-0.39, 0.29) is 22.3 Å².